The Balaban J connectivity index is 1.71. The lowest BCUT2D eigenvalue weighted by Gasteiger charge is -2.25. The van der Waals surface area contributed by atoms with E-state index in [1.54, 1.807) is 25.1 Å². The van der Waals surface area contributed by atoms with Crippen LogP contribution in [-0.2, 0) is 0 Å². The van der Waals surface area contributed by atoms with E-state index >= 15 is 0 Å². The van der Waals surface area contributed by atoms with Crippen LogP contribution in [0.25, 0.3) is 0 Å². The van der Waals surface area contributed by atoms with Crippen LogP contribution in [0.15, 0.2) is 42.6 Å². The third kappa shape index (κ3) is 6.30. The highest BCUT2D eigenvalue weighted by atomic mass is 32.1. The van der Waals surface area contributed by atoms with E-state index in [1.807, 2.05) is 12.2 Å². The van der Waals surface area contributed by atoms with E-state index in [1.165, 1.54) is 38.2 Å². The predicted octanol–water partition coefficient (Wildman–Crippen LogP) is 5.78. The van der Waals surface area contributed by atoms with Crippen molar-refractivity contribution in [2.75, 3.05) is 10.6 Å². The summed E-state index contributed by atoms with van der Waals surface area (Å²) in [5.41, 5.74) is 2.31. The van der Waals surface area contributed by atoms with E-state index in [-0.39, 0.29) is 11.3 Å². The predicted molar refractivity (Wildman–Crippen MR) is 130 cm³/mol. The summed E-state index contributed by atoms with van der Waals surface area (Å²) < 4.78 is 39.6. The molecule has 186 valence electrons. The summed E-state index contributed by atoms with van der Waals surface area (Å²) >= 11 is 1.06. The summed E-state index contributed by atoms with van der Waals surface area (Å²) in [6.07, 6.45) is -3.18. The summed E-state index contributed by atoms with van der Waals surface area (Å²) in [5, 5.41) is 18.0. The third-order valence-corrected chi connectivity index (χ3v) is 6.21. The van der Waals surface area contributed by atoms with Crippen LogP contribution in [0.5, 0.6) is 5.75 Å². The molecule has 1 aromatic heterocycles. The number of nitrogens with zero attached hydrogens (tertiary/aromatic N) is 1. The second kappa shape index (κ2) is 10.3. The number of hydrogen-bond donors (Lipinski definition) is 4. The first-order valence-corrected chi connectivity index (χ1v) is 11.5. The smallest absolute Gasteiger partial charge is 0.408 e. The molecule has 1 atom stereocenters. The average molecular weight is 507 g/mol. The van der Waals surface area contributed by atoms with Crippen molar-refractivity contribution < 1.29 is 27.9 Å². The van der Waals surface area contributed by atoms with Gasteiger partial charge < -0.3 is 21.1 Å². The first-order chi connectivity index (χ1) is 16.4. The van der Waals surface area contributed by atoms with Crippen LogP contribution in [0.3, 0.4) is 0 Å². The molecule has 0 aliphatic rings. The standard InChI is InChI=1S/C24H25F3N4O3S/c1-12(2)20(24(25,26)27)31-21(33)15-6-5-7-16(10-15)29-23-28-11-18(35-23)22(34)30-19-13(3)8-9-17(32)14(19)4/h5-12,20,32H,1-4H3,(H,28,29)(H,30,34)(H,31,33). The molecule has 0 radical (unpaired) electrons. The van der Waals surface area contributed by atoms with E-state index < -0.39 is 30.0 Å². The minimum Gasteiger partial charge on any atom is -0.508 e. The number of aromatic nitrogens is 1. The molecule has 0 saturated heterocycles. The zero-order chi connectivity index (χ0) is 25.9. The van der Waals surface area contributed by atoms with E-state index in [4.69, 9.17) is 0 Å². The average Bonchev–Trinajstić information content (AvgIpc) is 3.25. The van der Waals surface area contributed by atoms with Crippen molar-refractivity contribution in [1.82, 2.24) is 10.3 Å². The number of benzene rings is 2. The van der Waals surface area contributed by atoms with Crippen LogP contribution < -0.4 is 16.0 Å². The van der Waals surface area contributed by atoms with Crippen molar-refractivity contribution >= 4 is 39.7 Å². The minimum absolute atomic E-state index is 0.0502. The Morgan fingerprint density at radius 2 is 1.80 bits per heavy atom. The Hall–Kier alpha value is -3.60. The number of rotatable bonds is 7. The largest absolute Gasteiger partial charge is 0.508 e. The first kappa shape index (κ1) is 26.0. The number of thiazole rings is 1. The third-order valence-electron chi connectivity index (χ3n) is 5.29. The Morgan fingerprint density at radius 3 is 2.46 bits per heavy atom. The van der Waals surface area contributed by atoms with Gasteiger partial charge in [-0.1, -0.05) is 37.3 Å². The van der Waals surface area contributed by atoms with Gasteiger partial charge in [-0.15, -0.1) is 0 Å². The highest BCUT2D eigenvalue weighted by Crippen LogP contribution is 2.30. The Kier molecular flexibility index (Phi) is 7.69. The zero-order valence-electron chi connectivity index (χ0n) is 19.4. The second-order valence-corrected chi connectivity index (χ2v) is 9.36. The number of amides is 2. The maximum absolute atomic E-state index is 13.2. The lowest BCUT2D eigenvalue weighted by atomic mass is 10.0. The number of alkyl halides is 3. The quantitative estimate of drug-likeness (QED) is 0.325. The second-order valence-electron chi connectivity index (χ2n) is 8.33. The van der Waals surface area contributed by atoms with Crippen LogP contribution in [0.4, 0.5) is 29.7 Å². The van der Waals surface area contributed by atoms with Gasteiger partial charge in [0.15, 0.2) is 5.13 Å². The number of halogens is 3. The molecule has 3 rings (SSSR count). The maximum Gasteiger partial charge on any atom is 0.408 e. The number of aryl methyl sites for hydroxylation is 1. The number of phenolic OH excluding ortho intramolecular Hbond substituents is 1. The first-order valence-electron chi connectivity index (χ1n) is 10.7. The molecule has 0 bridgehead atoms. The highest BCUT2D eigenvalue weighted by Gasteiger charge is 2.42. The molecule has 0 saturated carbocycles. The molecule has 1 heterocycles. The molecule has 2 amide bonds. The molecular formula is C24H25F3N4O3S. The van der Waals surface area contributed by atoms with Gasteiger partial charge >= 0.3 is 6.18 Å². The Labute approximate surface area is 204 Å². The SMILES string of the molecule is Cc1ccc(O)c(C)c1NC(=O)c1cnc(Nc2cccc(C(=O)NC(C(C)C)C(F)(F)F)c2)s1. The number of anilines is 3. The highest BCUT2D eigenvalue weighted by molar-refractivity contribution is 7.17. The fourth-order valence-corrected chi connectivity index (χ4v) is 4.08. The number of nitrogens with one attached hydrogen (secondary N) is 3. The molecule has 0 aliphatic heterocycles. The van der Waals surface area contributed by atoms with Crippen LogP contribution in [0, 0.1) is 19.8 Å². The summed E-state index contributed by atoms with van der Waals surface area (Å²) in [6, 6.07) is 7.25. The molecule has 0 fully saturated rings. The molecule has 0 aliphatic carbocycles. The van der Waals surface area contributed by atoms with Crippen molar-refractivity contribution in [2.45, 2.75) is 39.9 Å². The van der Waals surface area contributed by atoms with E-state index in [9.17, 15) is 27.9 Å². The number of carbonyl (C=O) groups is 2. The fraction of sp³-hybridized carbons (Fsp3) is 0.292. The molecule has 35 heavy (non-hydrogen) atoms. The van der Waals surface area contributed by atoms with E-state index in [2.05, 4.69) is 15.6 Å². The summed E-state index contributed by atoms with van der Waals surface area (Å²) in [7, 11) is 0. The summed E-state index contributed by atoms with van der Waals surface area (Å²) in [5.74, 6) is -2.02. The molecule has 1 unspecified atom stereocenters. The lowest BCUT2D eigenvalue weighted by Crippen LogP contribution is -2.48. The van der Waals surface area contributed by atoms with Crippen molar-refractivity contribution in [3.8, 4) is 5.75 Å². The summed E-state index contributed by atoms with van der Waals surface area (Å²) in [6.45, 7) is 6.27. The van der Waals surface area contributed by atoms with E-state index in [0.29, 0.717) is 26.9 Å². The van der Waals surface area contributed by atoms with Crippen molar-refractivity contribution in [2.24, 2.45) is 5.92 Å². The molecule has 7 nitrogen and oxygen atoms in total. The number of carbonyl (C=O) groups excluding carboxylic acids is 2. The monoisotopic (exact) mass is 506 g/mol. The number of hydrogen-bond acceptors (Lipinski definition) is 6. The van der Waals surface area contributed by atoms with Crippen LogP contribution in [-0.4, -0.2) is 34.1 Å². The molecule has 0 spiro atoms. The normalized spacial score (nSPS) is 12.3. The van der Waals surface area contributed by atoms with Crippen LogP contribution in [0.2, 0.25) is 0 Å². The Morgan fingerprint density at radius 1 is 1.09 bits per heavy atom. The van der Waals surface area contributed by atoms with Gasteiger partial charge in [0, 0.05) is 16.8 Å². The molecule has 11 heteroatoms. The van der Waals surface area contributed by atoms with E-state index in [0.717, 1.165) is 16.9 Å². The van der Waals surface area contributed by atoms with Crippen LogP contribution in [0.1, 0.15) is 45.0 Å². The minimum atomic E-state index is -4.56. The summed E-state index contributed by atoms with van der Waals surface area (Å²) in [4.78, 5) is 29.6. The van der Waals surface area contributed by atoms with Crippen LogP contribution >= 0.6 is 11.3 Å². The lowest BCUT2D eigenvalue weighted by molar-refractivity contribution is -0.162. The van der Waals surface area contributed by atoms with Gasteiger partial charge in [0.2, 0.25) is 0 Å². The topological polar surface area (TPSA) is 103 Å². The van der Waals surface area contributed by atoms with Gasteiger partial charge in [-0.25, -0.2) is 4.98 Å². The Bertz CT molecular complexity index is 1240. The molecule has 4 N–H and O–H groups in total. The van der Waals surface area contributed by atoms with Crippen molar-refractivity contribution in [3.63, 3.8) is 0 Å². The van der Waals surface area contributed by atoms with Gasteiger partial charge in [0.1, 0.15) is 16.7 Å². The maximum atomic E-state index is 13.2. The zero-order valence-corrected chi connectivity index (χ0v) is 20.3. The van der Waals surface area contributed by atoms with Crippen molar-refractivity contribution in [1.29, 1.82) is 0 Å². The van der Waals surface area contributed by atoms with Crippen molar-refractivity contribution in [3.05, 3.63) is 64.2 Å². The van der Waals surface area contributed by atoms with Gasteiger partial charge in [-0.2, -0.15) is 13.2 Å². The molecule has 2 aromatic carbocycles. The number of aromatic hydroxyl groups is 1. The van der Waals surface area contributed by atoms with Gasteiger partial charge in [0.25, 0.3) is 11.8 Å². The van der Waals surface area contributed by atoms with Gasteiger partial charge in [-0.05, 0) is 49.6 Å². The van der Waals surface area contributed by atoms with Gasteiger partial charge in [-0.3, -0.25) is 9.59 Å². The number of phenols is 1. The van der Waals surface area contributed by atoms with Gasteiger partial charge in [0.05, 0.1) is 11.9 Å². The molecule has 3 aromatic rings. The molecular weight excluding hydrogens is 481 g/mol. The fourth-order valence-electron chi connectivity index (χ4n) is 3.35.